The lowest BCUT2D eigenvalue weighted by atomic mass is 10.2. The van der Waals surface area contributed by atoms with Crippen molar-refractivity contribution in [1.29, 1.82) is 0 Å². The Hall–Kier alpha value is -1.94. The van der Waals surface area contributed by atoms with Crippen LogP contribution in [0.3, 0.4) is 0 Å². The van der Waals surface area contributed by atoms with Crippen LogP contribution in [0.2, 0.25) is 0 Å². The smallest absolute Gasteiger partial charge is 0.237 e. The number of hydrogen-bond acceptors (Lipinski definition) is 3. The molecule has 0 aliphatic heterocycles. The molecular weight excluding hydrogens is 280 g/mol. The molecule has 2 aromatic rings. The van der Waals surface area contributed by atoms with E-state index in [1.165, 1.54) is 11.1 Å². The molecule has 0 saturated carbocycles. The van der Waals surface area contributed by atoms with Crippen LogP contribution in [0.5, 0.6) is 0 Å². The van der Waals surface area contributed by atoms with Crippen molar-refractivity contribution >= 4 is 29.0 Å². The van der Waals surface area contributed by atoms with E-state index in [4.69, 9.17) is 5.73 Å². The second-order valence-electron chi connectivity index (χ2n) is 5.11. The first kappa shape index (κ1) is 15.4. The van der Waals surface area contributed by atoms with Crippen molar-refractivity contribution in [3.8, 4) is 0 Å². The largest absolute Gasteiger partial charge is 0.397 e. The number of hydrogen-bond donors (Lipinski definition) is 2. The lowest BCUT2D eigenvalue weighted by Gasteiger charge is -2.15. The lowest BCUT2D eigenvalue weighted by molar-refractivity contribution is -0.115. The van der Waals surface area contributed by atoms with E-state index in [0.717, 1.165) is 4.90 Å². The highest BCUT2D eigenvalue weighted by Crippen LogP contribution is 2.28. The zero-order valence-electron chi connectivity index (χ0n) is 12.5. The highest BCUT2D eigenvalue weighted by atomic mass is 32.2. The summed E-state index contributed by atoms with van der Waals surface area (Å²) in [4.78, 5) is 13.4. The van der Waals surface area contributed by atoms with Crippen LogP contribution in [0, 0.1) is 13.8 Å². The molecule has 0 saturated heterocycles. The predicted octanol–water partition coefficient (Wildman–Crippen LogP) is 4.00. The number of thioether (sulfide) groups is 1. The third kappa shape index (κ3) is 4.02. The van der Waals surface area contributed by atoms with Crippen molar-refractivity contribution in [3.63, 3.8) is 0 Å². The molecule has 3 N–H and O–H groups in total. The number of para-hydroxylation sites is 2. The Kier molecular flexibility index (Phi) is 4.91. The molecule has 3 nitrogen and oxygen atoms in total. The molecule has 110 valence electrons. The Labute approximate surface area is 129 Å². The van der Waals surface area contributed by atoms with Gasteiger partial charge in [-0.25, -0.2) is 0 Å². The van der Waals surface area contributed by atoms with Crippen LogP contribution < -0.4 is 11.1 Å². The molecule has 0 aromatic heterocycles. The summed E-state index contributed by atoms with van der Waals surface area (Å²) < 4.78 is 0. The normalized spacial score (nSPS) is 12.0. The lowest BCUT2D eigenvalue weighted by Crippen LogP contribution is -2.23. The predicted molar refractivity (Wildman–Crippen MR) is 90.7 cm³/mol. The van der Waals surface area contributed by atoms with Gasteiger partial charge in [0.05, 0.1) is 16.6 Å². The van der Waals surface area contributed by atoms with Crippen molar-refractivity contribution in [1.82, 2.24) is 0 Å². The van der Waals surface area contributed by atoms with Crippen LogP contribution in [-0.4, -0.2) is 11.2 Å². The van der Waals surface area contributed by atoms with Gasteiger partial charge in [0, 0.05) is 4.90 Å². The summed E-state index contributed by atoms with van der Waals surface area (Å²) in [6.45, 7) is 6.02. The fourth-order valence-corrected chi connectivity index (χ4v) is 2.98. The summed E-state index contributed by atoms with van der Waals surface area (Å²) >= 11 is 1.56. The first-order valence-corrected chi connectivity index (χ1v) is 7.74. The summed E-state index contributed by atoms with van der Waals surface area (Å²) in [7, 11) is 0. The van der Waals surface area contributed by atoms with Gasteiger partial charge in [-0.3, -0.25) is 4.79 Å². The van der Waals surface area contributed by atoms with E-state index in [1.54, 1.807) is 17.8 Å². The molecule has 0 spiro atoms. The van der Waals surface area contributed by atoms with E-state index in [1.807, 2.05) is 25.1 Å². The Morgan fingerprint density at radius 1 is 1.19 bits per heavy atom. The summed E-state index contributed by atoms with van der Waals surface area (Å²) in [5.74, 6) is -0.0428. The van der Waals surface area contributed by atoms with Gasteiger partial charge in [0.15, 0.2) is 0 Å². The second-order valence-corrected chi connectivity index (χ2v) is 6.49. The van der Waals surface area contributed by atoms with Crippen LogP contribution in [-0.2, 0) is 4.79 Å². The quantitative estimate of drug-likeness (QED) is 0.662. The molecule has 21 heavy (non-hydrogen) atoms. The maximum Gasteiger partial charge on any atom is 0.237 e. The summed E-state index contributed by atoms with van der Waals surface area (Å²) in [6, 6.07) is 13.6. The minimum atomic E-state index is -0.190. The Balaban J connectivity index is 2.06. The van der Waals surface area contributed by atoms with E-state index in [9.17, 15) is 4.79 Å². The highest BCUT2D eigenvalue weighted by molar-refractivity contribution is 8.00. The topological polar surface area (TPSA) is 55.1 Å². The van der Waals surface area contributed by atoms with E-state index >= 15 is 0 Å². The third-order valence-electron chi connectivity index (χ3n) is 3.24. The number of amides is 1. The summed E-state index contributed by atoms with van der Waals surface area (Å²) in [5, 5.41) is 2.69. The highest BCUT2D eigenvalue weighted by Gasteiger charge is 2.16. The number of carbonyl (C=O) groups excluding carboxylic acids is 1. The summed E-state index contributed by atoms with van der Waals surface area (Å²) in [6.07, 6.45) is 0. The van der Waals surface area contributed by atoms with E-state index in [-0.39, 0.29) is 11.2 Å². The number of nitrogens with one attached hydrogen (secondary N) is 1. The number of nitrogen functional groups attached to an aromatic ring is 1. The molecule has 0 aliphatic rings. The first-order valence-electron chi connectivity index (χ1n) is 6.86. The Morgan fingerprint density at radius 3 is 2.62 bits per heavy atom. The average molecular weight is 300 g/mol. The van der Waals surface area contributed by atoms with Crippen molar-refractivity contribution in [2.75, 3.05) is 11.1 Å². The number of nitrogens with two attached hydrogens (primary N) is 1. The molecule has 4 heteroatoms. The molecule has 0 radical (unpaired) electrons. The number of anilines is 2. The van der Waals surface area contributed by atoms with Gasteiger partial charge in [0.1, 0.15) is 0 Å². The Bertz CT molecular complexity index is 655. The zero-order chi connectivity index (χ0) is 15.4. The van der Waals surface area contributed by atoms with Crippen LogP contribution in [0.4, 0.5) is 11.4 Å². The second kappa shape index (κ2) is 6.68. The number of rotatable bonds is 4. The summed E-state index contributed by atoms with van der Waals surface area (Å²) in [5.41, 5.74) is 9.47. The number of aryl methyl sites for hydroxylation is 2. The molecule has 0 aliphatic carbocycles. The first-order chi connectivity index (χ1) is 9.97. The monoisotopic (exact) mass is 300 g/mol. The molecule has 0 bridgehead atoms. The molecular formula is C17H20N2OS. The standard InChI is InChI=1S/C17H20N2OS/c1-11-8-9-12(2)16(10-11)21-13(3)17(20)19-15-7-5-4-6-14(15)18/h4-10,13H,18H2,1-3H3,(H,19,20). The average Bonchev–Trinajstić information content (AvgIpc) is 2.45. The molecule has 1 amide bonds. The van der Waals surface area contributed by atoms with E-state index < -0.39 is 0 Å². The van der Waals surface area contributed by atoms with Gasteiger partial charge in [-0.15, -0.1) is 11.8 Å². The number of carbonyl (C=O) groups is 1. The van der Waals surface area contributed by atoms with Crippen molar-refractivity contribution < 1.29 is 4.79 Å². The molecule has 0 fully saturated rings. The molecule has 2 rings (SSSR count). The SMILES string of the molecule is Cc1ccc(C)c(SC(C)C(=O)Nc2ccccc2N)c1. The van der Waals surface area contributed by atoms with Crippen molar-refractivity contribution in [2.24, 2.45) is 0 Å². The van der Waals surface area contributed by atoms with Crippen molar-refractivity contribution in [2.45, 2.75) is 30.9 Å². The van der Waals surface area contributed by atoms with Gasteiger partial charge in [-0.05, 0) is 44.5 Å². The third-order valence-corrected chi connectivity index (χ3v) is 4.50. The fraction of sp³-hybridized carbons (Fsp3) is 0.235. The van der Waals surface area contributed by atoms with Gasteiger partial charge in [0.2, 0.25) is 5.91 Å². The van der Waals surface area contributed by atoms with E-state index in [2.05, 4.69) is 37.4 Å². The zero-order valence-corrected chi connectivity index (χ0v) is 13.3. The van der Waals surface area contributed by atoms with Crippen LogP contribution in [0.1, 0.15) is 18.1 Å². The minimum Gasteiger partial charge on any atom is -0.397 e. The van der Waals surface area contributed by atoms with Gasteiger partial charge in [0.25, 0.3) is 0 Å². The van der Waals surface area contributed by atoms with E-state index in [0.29, 0.717) is 11.4 Å². The maximum absolute atomic E-state index is 12.3. The molecule has 0 heterocycles. The van der Waals surface area contributed by atoms with Crippen LogP contribution >= 0.6 is 11.8 Å². The van der Waals surface area contributed by atoms with Gasteiger partial charge < -0.3 is 11.1 Å². The van der Waals surface area contributed by atoms with Crippen LogP contribution in [0.25, 0.3) is 0 Å². The van der Waals surface area contributed by atoms with Gasteiger partial charge in [-0.1, -0.05) is 29.8 Å². The molecule has 1 unspecified atom stereocenters. The fourth-order valence-electron chi connectivity index (χ4n) is 1.92. The molecule has 1 atom stereocenters. The van der Waals surface area contributed by atoms with Gasteiger partial charge in [-0.2, -0.15) is 0 Å². The Morgan fingerprint density at radius 2 is 1.90 bits per heavy atom. The van der Waals surface area contributed by atoms with Crippen LogP contribution in [0.15, 0.2) is 47.4 Å². The minimum absolute atomic E-state index is 0.0428. The van der Waals surface area contributed by atoms with Gasteiger partial charge >= 0.3 is 0 Å². The number of benzene rings is 2. The van der Waals surface area contributed by atoms with Crippen molar-refractivity contribution in [3.05, 3.63) is 53.6 Å². The maximum atomic E-state index is 12.3. The molecule has 2 aromatic carbocycles.